The van der Waals surface area contributed by atoms with Crippen LogP contribution < -0.4 is 10.6 Å². The van der Waals surface area contributed by atoms with Crippen LogP contribution in [-0.4, -0.2) is 48.5 Å². The van der Waals surface area contributed by atoms with Gasteiger partial charge in [-0.15, -0.1) is 0 Å². The Balaban J connectivity index is 2.82. The summed E-state index contributed by atoms with van der Waals surface area (Å²) in [6.07, 6.45) is 0. The summed E-state index contributed by atoms with van der Waals surface area (Å²) < 4.78 is 5.00. The Morgan fingerprint density at radius 3 is 2.75 bits per heavy atom. The molecule has 0 radical (unpaired) electrons. The molecule has 0 aliphatic carbocycles. The zero-order chi connectivity index (χ0) is 12.0. The lowest BCUT2D eigenvalue weighted by Crippen LogP contribution is -2.31. The van der Waals surface area contributed by atoms with Gasteiger partial charge in [-0.25, -0.2) is 4.98 Å². The van der Waals surface area contributed by atoms with Crippen LogP contribution in [0.15, 0.2) is 6.07 Å². The minimum atomic E-state index is 0.0622. The van der Waals surface area contributed by atoms with Gasteiger partial charge in [0.25, 0.3) is 0 Å². The Labute approximate surface area is 95.1 Å². The lowest BCUT2D eigenvalue weighted by molar-refractivity contribution is 0.202. The standard InChI is InChI=1S/C10H18N4O2/c1-8-7-9(13-10(11)12-8)14(3-5-15)4-6-16-2/h7,15H,3-6H2,1-2H3,(H2,11,12,13). The van der Waals surface area contributed by atoms with Crippen LogP contribution in [0.1, 0.15) is 5.69 Å². The normalized spacial score (nSPS) is 10.4. The Hall–Kier alpha value is -1.40. The van der Waals surface area contributed by atoms with Gasteiger partial charge in [-0.2, -0.15) is 4.98 Å². The molecule has 0 saturated carbocycles. The molecule has 90 valence electrons. The van der Waals surface area contributed by atoms with E-state index in [0.717, 1.165) is 11.5 Å². The molecule has 6 nitrogen and oxygen atoms in total. The highest BCUT2D eigenvalue weighted by Crippen LogP contribution is 2.12. The highest BCUT2D eigenvalue weighted by Gasteiger charge is 2.08. The summed E-state index contributed by atoms with van der Waals surface area (Å²) in [7, 11) is 1.64. The van der Waals surface area contributed by atoms with Crippen LogP contribution in [0.2, 0.25) is 0 Å². The first-order valence-electron chi connectivity index (χ1n) is 5.13. The van der Waals surface area contributed by atoms with E-state index < -0.39 is 0 Å². The van der Waals surface area contributed by atoms with Crippen molar-refractivity contribution in [2.24, 2.45) is 0 Å². The molecular weight excluding hydrogens is 208 g/mol. The summed E-state index contributed by atoms with van der Waals surface area (Å²) in [4.78, 5) is 10.0. The molecule has 1 rings (SSSR count). The molecule has 0 aromatic carbocycles. The molecule has 1 aromatic rings. The topological polar surface area (TPSA) is 84.5 Å². The van der Waals surface area contributed by atoms with E-state index in [-0.39, 0.29) is 12.6 Å². The van der Waals surface area contributed by atoms with Gasteiger partial charge >= 0.3 is 0 Å². The fourth-order valence-electron chi connectivity index (χ4n) is 1.40. The Morgan fingerprint density at radius 1 is 1.44 bits per heavy atom. The zero-order valence-corrected chi connectivity index (χ0v) is 9.68. The number of nitrogen functional groups attached to an aromatic ring is 1. The number of anilines is 2. The highest BCUT2D eigenvalue weighted by molar-refractivity contribution is 5.43. The van der Waals surface area contributed by atoms with Crippen molar-refractivity contribution in [3.05, 3.63) is 11.8 Å². The van der Waals surface area contributed by atoms with Crippen molar-refractivity contribution in [3.8, 4) is 0 Å². The number of rotatable bonds is 6. The van der Waals surface area contributed by atoms with Gasteiger partial charge < -0.3 is 20.5 Å². The summed E-state index contributed by atoms with van der Waals surface area (Å²) in [5, 5.41) is 8.98. The largest absolute Gasteiger partial charge is 0.395 e. The number of aliphatic hydroxyl groups excluding tert-OH is 1. The van der Waals surface area contributed by atoms with Gasteiger partial charge in [-0.3, -0.25) is 0 Å². The van der Waals surface area contributed by atoms with Crippen LogP contribution in [-0.2, 0) is 4.74 Å². The lowest BCUT2D eigenvalue weighted by atomic mass is 10.4. The molecule has 6 heteroatoms. The van der Waals surface area contributed by atoms with Crippen LogP contribution in [0, 0.1) is 6.92 Å². The van der Waals surface area contributed by atoms with Crippen molar-refractivity contribution in [1.82, 2.24) is 9.97 Å². The second kappa shape index (κ2) is 6.24. The molecule has 0 fully saturated rings. The van der Waals surface area contributed by atoms with Gasteiger partial charge in [0.1, 0.15) is 5.82 Å². The molecule has 0 amide bonds. The van der Waals surface area contributed by atoms with Gasteiger partial charge in [0, 0.05) is 32.0 Å². The Kier molecular flexibility index (Phi) is 4.94. The summed E-state index contributed by atoms with van der Waals surface area (Å²) in [6.45, 7) is 3.65. The third-order valence-corrected chi connectivity index (χ3v) is 2.12. The molecule has 0 bridgehead atoms. The number of hydrogen-bond donors (Lipinski definition) is 2. The molecule has 0 atom stereocenters. The van der Waals surface area contributed by atoms with Crippen molar-refractivity contribution in [2.75, 3.05) is 44.0 Å². The van der Waals surface area contributed by atoms with Gasteiger partial charge in [0.2, 0.25) is 5.95 Å². The molecule has 1 aromatic heterocycles. The minimum Gasteiger partial charge on any atom is -0.395 e. The first-order valence-corrected chi connectivity index (χ1v) is 5.13. The summed E-state index contributed by atoms with van der Waals surface area (Å²) in [5.74, 6) is 0.964. The number of ether oxygens (including phenoxy) is 1. The first kappa shape index (κ1) is 12.7. The van der Waals surface area contributed by atoms with Gasteiger partial charge in [-0.05, 0) is 6.92 Å². The quantitative estimate of drug-likeness (QED) is 0.699. The second-order valence-corrected chi connectivity index (χ2v) is 3.43. The third-order valence-electron chi connectivity index (χ3n) is 2.12. The molecule has 0 unspecified atom stereocenters. The van der Waals surface area contributed by atoms with Gasteiger partial charge in [0.15, 0.2) is 0 Å². The maximum Gasteiger partial charge on any atom is 0.222 e. The average molecular weight is 226 g/mol. The van der Waals surface area contributed by atoms with Crippen molar-refractivity contribution < 1.29 is 9.84 Å². The Bertz CT molecular complexity index is 312. The second-order valence-electron chi connectivity index (χ2n) is 3.43. The van der Waals surface area contributed by atoms with E-state index in [2.05, 4.69) is 9.97 Å². The van der Waals surface area contributed by atoms with E-state index in [1.54, 1.807) is 7.11 Å². The monoisotopic (exact) mass is 226 g/mol. The van der Waals surface area contributed by atoms with Crippen LogP contribution >= 0.6 is 0 Å². The summed E-state index contributed by atoms with van der Waals surface area (Å²) in [5.41, 5.74) is 6.39. The fourth-order valence-corrected chi connectivity index (χ4v) is 1.40. The molecule has 3 N–H and O–H groups in total. The number of aryl methyl sites for hydroxylation is 1. The lowest BCUT2D eigenvalue weighted by Gasteiger charge is -2.22. The van der Waals surface area contributed by atoms with Gasteiger partial charge in [-0.1, -0.05) is 0 Å². The van der Waals surface area contributed by atoms with E-state index in [1.165, 1.54) is 0 Å². The van der Waals surface area contributed by atoms with Crippen molar-refractivity contribution in [1.29, 1.82) is 0 Å². The number of hydrogen-bond acceptors (Lipinski definition) is 6. The maximum absolute atomic E-state index is 8.98. The van der Waals surface area contributed by atoms with E-state index in [0.29, 0.717) is 19.7 Å². The summed E-state index contributed by atoms with van der Waals surface area (Å²) in [6, 6.07) is 1.84. The van der Waals surface area contributed by atoms with E-state index in [9.17, 15) is 0 Å². The number of nitrogens with zero attached hydrogens (tertiary/aromatic N) is 3. The molecule has 1 heterocycles. The third kappa shape index (κ3) is 3.63. The van der Waals surface area contributed by atoms with Crippen molar-refractivity contribution >= 4 is 11.8 Å². The zero-order valence-electron chi connectivity index (χ0n) is 9.68. The molecule has 0 aliphatic rings. The molecule has 0 spiro atoms. The highest BCUT2D eigenvalue weighted by atomic mass is 16.5. The van der Waals surface area contributed by atoms with Crippen LogP contribution in [0.5, 0.6) is 0 Å². The summed E-state index contributed by atoms with van der Waals surface area (Å²) >= 11 is 0. The number of aromatic nitrogens is 2. The van der Waals surface area contributed by atoms with Crippen LogP contribution in [0.3, 0.4) is 0 Å². The van der Waals surface area contributed by atoms with Crippen LogP contribution in [0.4, 0.5) is 11.8 Å². The maximum atomic E-state index is 8.98. The average Bonchev–Trinajstić information content (AvgIpc) is 2.22. The van der Waals surface area contributed by atoms with E-state index in [1.807, 2.05) is 17.9 Å². The molecule has 0 aliphatic heterocycles. The van der Waals surface area contributed by atoms with E-state index >= 15 is 0 Å². The first-order chi connectivity index (χ1) is 7.67. The van der Waals surface area contributed by atoms with E-state index in [4.69, 9.17) is 15.6 Å². The van der Waals surface area contributed by atoms with Crippen molar-refractivity contribution in [2.45, 2.75) is 6.92 Å². The SMILES string of the molecule is COCCN(CCO)c1cc(C)nc(N)n1. The predicted molar refractivity (Wildman–Crippen MR) is 62.4 cm³/mol. The van der Waals surface area contributed by atoms with Crippen molar-refractivity contribution in [3.63, 3.8) is 0 Å². The Morgan fingerprint density at radius 2 is 2.19 bits per heavy atom. The number of aliphatic hydroxyl groups is 1. The molecule has 16 heavy (non-hydrogen) atoms. The predicted octanol–water partition coefficient (Wildman–Crippen LogP) is -0.188. The number of methoxy groups -OCH3 is 1. The smallest absolute Gasteiger partial charge is 0.222 e. The fraction of sp³-hybridized carbons (Fsp3) is 0.600. The van der Waals surface area contributed by atoms with Crippen LogP contribution in [0.25, 0.3) is 0 Å². The number of nitrogens with two attached hydrogens (primary N) is 1. The van der Waals surface area contributed by atoms with Gasteiger partial charge in [0.05, 0.1) is 13.2 Å². The molecular formula is C10H18N4O2. The minimum absolute atomic E-state index is 0.0622. The molecule has 0 saturated heterocycles.